The van der Waals surface area contributed by atoms with Crippen molar-refractivity contribution in [1.29, 1.82) is 0 Å². The molecule has 5 nitrogen and oxygen atoms in total. The van der Waals surface area contributed by atoms with E-state index in [1.807, 2.05) is 0 Å². The number of nitrogens with one attached hydrogen (secondary N) is 1. The van der Waals surface area contributed by atoms with E-state index < -0.39 is 12.6 Å². The zero-order valence-electron chi connectivity index (χ0n) is 11.5. The molecule has 23 heavy (non-hydrogen) atoms. The Labute approximate surface area is 138 Å². The third-order valence-corrected chi connectivity index (χ3v) is 3.20. The zero-order chi connectivity index (χ0) is 16.8. The van der Waals surface area contributed by atoms with Crippen molar-refractivity contribution in [2.45, 2.75) is 6.61 Å². The van der Waals surface area contributed by atoms with Crippen LogP contribution in [0.3, 0.4) is 0 Å². The van der Waals surface area contributed by atoms with Crippen LogP contribution in [-0.2, 0) is 0 Å². The van der Waals surface area contributed by atoms with Gasteiger partial charge in [-0.05, 0) is 35.9 Å². The van der Waals surface area contributed by atoms with Crippen molar-refractivity contribution in [2.24, 2.45) is 5.10 Å². The van der Waals surface area contributed by atoms with Crippen LogP contribution < -0.4 is 15.3 Å². The maximum absolute atomic E-state index is 12.3. The molecule has 0 heterocycles. The van der Waals surface area contributed by atoms with Gasteiger partial charge >= 0.3 is 6.61 Å². The molecule has 0 amide bonds. The van der Waals surface area contributed by atoms with Crippen LogP contribution in [0.4, 0.5) is 14.5 Å². The van der Waals surface area contributed by atoms with Gasteiger partial charge in [-0.25, -0.2) is 0 Å². The van der Waals surface area contributed by atoms with E-state index >= 15 is 0 Å². The number of carbonyl (C=O) groups is 1. The Balaban J connectivity index is 2.10. The van der Waals surface area contributed by atoms with Gasteiger partial charge in [-0.2, -0.15) is 13.9 Å². The molecule has 0 aliphatic rings. The second-order valence-corrected chi connectivity index (χ2v) is 5.21. The zero-order valence-corrected chi connectivity index (χ0v) is 13.1. The van der Waals surface area contributed by atoms with E-state index in [0.717, 1.165) is 0 Å². The number of hydrogen-bond acceptors (Lipinski definition) is 5. The number of carboxylic acids is 1. The van der Waals surface area contributed by atoms with Crippen molar-refractivity contribution in [3.8, 4) is 5.75 Å². The lowest BCUT2D eigenvalue weighted by molar-refractivity contribution is -0.255. The van der Waals surface area contributed by atoms with Crippen LogP contribution in [0.15, 0.2) is 52.0 Å². The molecule has 0 aromatic heterocycles. The first-order valence-electron chi connectivity index (χ1n) is 6.30. The van der Waals surface area contributed by atoms with Crippen molar-refractivity contribution in [2.75, 3.05) is 5.43 Å². The normalized spacial score (nSPS) is 11.0. The van der Waals surface area contributed by atoms with Gasteiger partial charge in [-0.15, -0.1) is 0 Å². The summed E-state index contributed by atoms with van der Waals surface area (Å²) in [7, 11) is 0. The third-order valence-electron chi connectivity index (χ3n) is 2.71. The standard InChI is InChI=1S/C15H11BrF2N2O3/c16-11-3-6-13(23-15(17)18)10(7-11)8-19-20-12-4-1-9(2-5-12)14(21)22/h1-8,15,20H,(H,21,22)/p-1/b19-8-. The average Bonchev–Trinajstić information content (AvgIpc) is 2.50. The number of anilines is 1. The Kier molecular flexibility index (Phi) is 5.64. The number of hydrazone groups is 1. The van der Waals surface area contributed by atoms with Gasteiger partial charge in [0.25, 0.3) is 0 Å². The predicted molar refractivity (Wildman–Crippen MR) is 82.8 cm³/mol. The van der Waals surface area contributed by atoms with Crippen LogP contribution in [0, 0.1) is 0 Å². The van der Waals surface area contributed by atoms with Gasteiger partial charge in [-0.1, -0.05) is 28.1 Å². The van der Waals surface area contributed by atoms with Crippen LogP contribution in [0.1, 0.15) is 15.9 Å². The summed E-state index contributed by atoms with van der Waals surface area (Å²) < 4.78 is 29.8. The molecule has 2 aromatic rings. The van der Waals surface area contributed by atoms with E-state index in [2.05, 4.69) is 31.2 Å². The lowest BCUT2D eigenvalue weighted by Gasteiger charge is -2.08. The van der Waals surface area contributed by atoms with Gasteiger partial charge in [0.1, 0.15) is 5.75 Å². The minimum Gasteiger partial charge on any atom is -0.545 e. The number of carbonyl (C=O) groups excluding carboxylic acids is 1. The second-order valence-electron chi connectivity index (χ2n) is 4.30. The number of benzene rings is 2. The van der Waals surface area contributed by atoms with Crippen molar-refractivity contribution in [1.82, 2.24) is 0 Å². The molecule has 120 valence electrons. The Hall–Kier alpha value is -2.48. The molecular formula is C15H10BrF2N2O3-. The van der Waals surface area contributed by atoms with Gasteiger partial charge in [0.2, 0.25) is 0 Å². The Morgan fingerprint density at radius 1 is 1.26 bits per heavy atom. The number of aromatic carboxylic acids is 1. The molecular weight excluding hydrogens is 374 g/mol. The topological polar surface area (TPSA) is 73.8 Å². The molecule has 0 bridgehead atoms. The molecule has 0 atom stereocenters. The second kappa shape index (κ2) is 7.68. The quantitative estimate of drug-likeness (QED) is 0.614. The molecule has 0 aliphatic heterocycles. The Bertz CT molecular complexity index is 721. The van der Waals surface area contributed by atoms with Crippen molar-refractivity contribution in [3.63, 3.8) is 0 Å². The van der Waals surface area contributed by atoms with Crippen molar-refractivity contribution >= 4 is 33.8 Å². The fourth-order valence-corrected chi connectivity index (χ4v) is 2.06. The van der Waals surface area contributed by atoms with E-state index in [4.69, 9.17) is 0 Å². The summed E-state index contributed by atoms with van der Waals surface area (Å²) in [5, 5.41) is 14.5. The van der Waals surface area contributed by atoms with Crippen molar-refractivity contribution < 1.29 is 23.4 Å². The summed E-state index contributed by atoms with van der Waals surface area (Å²) >= 11 is 3.23. The van der Waals surface area contributed by atoms with Crippen LogP contribution in [0.2, 0.25) is 0 Å². The van der Waals surface area contributed by atoms with Gasteiger partial charge in [0, 0.05) is 10.0 Å². The first-order chi connectivity index (χ1) is 11.0. The van der Waals surface area contributed by atoms with Gasteiger partial charge in [0.15, 0.2) is 0 Å². The molecule has 0 radical (unpaired) electrons. The first kappa shape index (κ1) is 16.9. The molecule has 0 aliphatic carbocycles. The number of rotatable bonds is 6. The first-order valence-corrected chi connectivity index (χ1v) is 7.10. The highest BCUT2D eigenvalue weighted by Gasteiger charge is 2.08. The monoisotopic (exact) mass is 383 g/mol. The third kappa shape index (κ3) is 5.03. The fourth-order valence-electron chi connectivity index (χ4n) is 1.68. The summed E-state index contributed by atoms with van der Waals surface area (Å²) in [4.78, 5) is 10.6. The number of alkyl halides is 2. The van der Waals surface area contributed by atoms with E-state index in [9.17, 15) is 18.7 Å². The molecule has 1 N–H and O–H groups in total. The Morgan fingerprint density at radius 2 is 1.96 bits per heavy atom. The van der Waals surface area contributed by atoms with Gasteiger partial charge in [-0.3, -0.25) is 5.43 Å². The predicted octanol–water partition coefficient (Wildman–Crippen LogP) is 2.86. The molecule has 8 heteroatoms. The van der Waals surface area contributed by atoms with Gasteiger partial charge < -0.3 is 14.6 Å². The number of hydrogen-bond donors (Lipinski definition) is 1. The minimum atomic E-state index is -2.94. The molecule has 0 unspecified atom stereocenters. The highest BCUT2D eigenvalue weighted by atomic mass is 79.9. The van der Waals surface area contributed by atoms with E-state index in [0.29, 0.717) is 15.7 Å². The van der Waals surface area contributed by atoms with Crippen molar-refractivity contribution in [3.05, 3.63) is 58.1 Å². The number of halogens is 3. The van der Waals surface area contributed by atoms with E-state index in [1.54, 1.807) is 12.1 Å². The summed E-state index contributed by atoms with van der Waals surface area (Å²) in [6.07, 6.45) is 1.31. The number of nitrogens with zero attached hydrogens (tertiary/aromatic N) is 1. The maximum Gasteiger partial charge on any atom is 0.387 e. The SMILES string of the molecule is O=C([O-])c1ccc(N/N=C\c2cc(Br)ccc2OC(F)F)cc1. The average molecular weight is 384 g/mol. The molecule has 0 fully saturated rings. The van der Waals surface area contributed by atoms with Crippen LogP contribution >= 0.6 is 15.9 Å². The molecule has 0 saturated carbocycles. The molecule has 2 aromatic carbocycles. The minimum absolute atomic E-state index is 0.0129. The fraction of sp³-hybridized carbons (Fsp3) is 0.0667. The largest absolute Gasteiger partial charge is 0.545 e. The smallest absolute Gasteiger partial charge is 0.387 e. The lowest BCUT2D eigenvalue weighted by Crippen LogP contribution is -2.21. The molecule has 0 spiro atoms. The molecule has 0 saturated heterocycles. The molecule has 2 rings (SSSR count). The van der Waals surface area contributed by atoms with Gasteiger partial charge in [0.05, 0.1) is 17.9 Å². The maximum atomic E-state index is 12.3. The Morgan fingerprint density at radius 3 is 2.57 bits per heavy atom. The summed E-state index contributed by atoms with van der Waals surface area (Å²) in [6.45, 7) is -2.94. The summed E-state index contributed by atoms with van der Waals surface area (Å²) in [5.74, 6) is -1.29. The highest BCUT2D eigenvalue weighted by Crippen LogP contribution is 2.23. The van der Waals surface area contributed by atoms with Crippen LogP contribution in [-0.4, -0.2) is 18.8 Å². The van der Waals surface area contributed by atoms with E-state index in [1.165, 1.54) is 36.5 Å². The summed E-state index contributed by atoms with van der Waals surface area (Å²) in [5.41, 5.74) is 3.57. The van der Waals surface area contributed by atoms with E-state index in [-0.39, 0.29) is 11.3 Å². The summed E-state index contributed by atoms with van der Waals surface area (Å²) in [6, 6.07) is 10.3. The number of carboxylic acid groups (broad SMARTS) is 1. The highest BCUT2D eigenvalue weighted by molar-refractivity contribution is 9.10. The lowest BCUT2D eigenvalue weighted by atomic mass is 10.2. The van der Waals surface area contributed by atoms with Crippen LogP contribution in [0.5, 0.6) is 5.75 Å². The van der Waals surface area contributed by atoms with Crippen LogP contribution in [0.25, 0.3) is 0 Å². The number of ether oxygens (including phenoxy) is 1.